The summed E-state index contributed by atoms with van der Waals surface area (Å²) in [6, 6.07) is 10.9. The number of carbonyl (C=O) groups is 1. The second-order valence-corrected chi connectivity index (χ2v) is 4.17. The van der Waals surface area contributed by atoms with Crippen LogP contribution < -0.4 is 15.9 Å². The number of thiocarbonyl (C=S) groups is 1. The van der Waals surface area contributed by atoms with Crippen molar-refractivity contribution in [1.29, 1.82) is 5.26 Å². The molecule has 0 aromatic heterocycles. The van der Waals surface area contributed by atoms with Crippen LogP contribution in [0.1, 0.15) is 6.92 Å². The Bertz CT molecular complexity index is 535. The second kappa shape index (κ2) is 7.08. The maximum Gasteiger partial charge on any atom is 0.300 e. The number of hydrazine groups is 1. The van der Waals surface area contributed by atoms with Gasteiger partial charge in [0, 0.05) is 7.05 Å². The van der Waals surface area contributed by atoms with E-state index in [1.54, 1.807) is 20.0 Å². The molecule has 6 nitrogen and oxygen atoms in total. The molecule has 0 radical (unpaired) electrons. The van der Waals surface area contributed by atoms with Gasteiger partial charge in [0.05, 0.1) is 10.7 Å². The standard InChI is InChI=1S/C12H13N5OS/c1-9(19)14-15-12(18)11(8-13)16-17(2)10-6-4-3-5-7-10/h3-7H,1-2H3,(H,14,19)(H,15,18)/b16-11+. The topological polar surface area (TPSA) is 80.5 Å². The first-order valence-corrected chi connectivity index (χ1v) is 5.80. The number of hydrogen-bond acceptors (Lipinski definition) is 5. The van der Waals surface area contributed by atoms with Crippen LogP contribution in [-0.4, -0.2) is 23.7 Å². The molecular formula is C12H13N5OS. The van der Waals surface area contributed by atoms with Gasteiger partial charge in [-0.1, -0.05) is 30.4 Å². The van der Waals surface area contributed by atoms with E-state index in [4.69, 9.17) is 17.5 Å². The Kier molecular flexibility index (Phi) is 5.44. The number of para-hydroxylation sites is 1. The SMILES string of the molecule is CC(=S)NNC(=O)/C(C#N)=N/N(C)c1ccccc1. The summed E-state index contributed by atoms with van der Waals surface area (Å²) in [5.74, 6) is -0.644. The Hall–Kier alpha value is -2.46. The summed E-state index contributed by atoms with van der Waals surface area (Å²) in [4.78, 5) is 12.0. The zero-order valence-corrected chi connectivity index (χ0v) is 11.4. The molecule has 0 heterocycles. The lowest BCUT2D eigenvalue weighted by Gasteiger charge is -2.13. The van der Waals surface area contributed by atoms with Crippen LogP contribution >= 0.6 is 12.2 Å². The van der Waals surface area contributed by atoms with Crippen LogP contribution in [0, 0.1) is 11.3 Å². The highest BCUT2D eigenvalue weighted by molar-refractivity contribution is 7.80. The van der Waals surface area contributed by atoms with Gasteiger partial charge in [-0.3, -0.25) is 20.7 Å². The van der Waals surface area contributed by atoms with Crippen molar-refractivity contribution in [2.24, 2.45) is 5.10 Å². The lowest BCUT2D eigenvalue weighted by atomic mass is 10.3. The van der Waals surface area contributed by atoms with Crippen molar-refractivity contribution in [1.82, 2.24) is 10.9 Å². The summed E-state index contributed by atoms with van der Waals surface area (Å²) in [6.45, 7) is 1.61. The fourth-order valence-electron chi connectivity index (χ4n) is 1.17. The highest BCUT2D eigenvalue weighted by atomic mass is 32.1. The minimum Gasteiger partial charge on any atom is -0.292 e. The van der Waals surface area contributed by atoms with E-state index in [1.165, 1.54) is 5.01 Å². The Morgan fingerprint density at radius 3 is 2.53 bits per heavy atom. The monoisotopic (exact) mass is 275 g/mol. The van der Waals surface area contributed by atoms with Crippen LogP contribution in [0.5, 0.6) is 0 Å². The lowest BCUT2D eigenvalue weighted by Crippen LogP contribution is -2.43. The van der Waals surface area contributed by atoms with Gasteiger partial charge in [0.1, 0.15) is 6.07 Å². The van der Waals surface area contributed by atoms with Crippen LogP contribution in [0.3, 0.4) is 0 Å². The molecule has 0 bridgehead atoms. The number of nitriles is 1. The summed E-state index contributed by atoms with van der Waals surface area (Å²) in [7, 11) is 1.65. The molecule has 1 aromatic rings. The highest BCUT2D eigenvalue weighted by Gasteiger charge is 2.12. The van der Waals surface area contributed by atoms with Crippen molar-refractivity contribution in [3.63, 3.8) is 0 Å². The van der Waals surface area contributed by atoms with Gasteiger partial charge in [-0.25, -0.2) is 0 Å². The van der Waals surface area contributed by atoms with E-state index in [-0.39, 0.29) is 5.71 Å². The summed E-state index contributed by atoms with van der Waals surface area (Å²) >= 11 is 4.74. The summed E-state index contributed by atoms with van der Waals surface area (Å²) in [5, 5.41) is 14.3. The molecule has 2 N–H and O–H groups in total. The third kappa shape index (κ3) is 4.73. The first-order valence-electron chi connectivity index (χ1n) is 5.39. The number of rotatable bonds is 3. The first kappa shape index (κ1) is 14.6. The Morgan fingerprint density at radius 1 is 1.37 bits per heavy atom. The predicted molar refractivity (Wildman–Crippen MR) is 77.4 cm³/mol. The number of amides is 1. The first-order chi connectivity index (χ1) is 9.04. The minimum absolute atomic E-state index is 0.268. The van der Waals surface area contributed by atoms with Crippen molar-refractivity contribution < 1.29 is 4.79 Å². The number of nitrogens with one attached hydrogen (secondary N) is 2. The third-order valence-corrected chi connectivity index (χ3v) is 2.15. The Balaban J connectivity index is 2.79. The molecule has 0 saturated heterocycles. The van der Waals surface area contributed by atoms with Crippen molar-refractivity contribution in [3.05, 3.63) is 30.3 Å². The number of benzene rings is 1. The zero-order chi connectivity index (χ0) is 14.3. The Labute approximate surface area is 116 Å². The average Bonchev–Trinajstić information content (AvgIpc) is 2.42. The van der Waals surface area contributed by atoms with Crippen LogP contribution in [-0.2, 0) is 4.79 Å². The van der Waals surface area contributed by atoms with E-state index in [2.05, 4.69) is 16.0 Å². The number of hydrogen-bond donors (Lipinski definition) is 2. The largest absolute Gasteiger partial charge is 0.300 e. The molecule has 98 valence electrons. The molecule has 0 atom stereocenters. The van der Waals surface area contributed by atoms with Gasteiger partial charge in [0.25, 0.3) is 0 Å². The van der Waals surface area contributed by atoms with Gasteiger partial charge >= 0.3 is 5.91 Å². The molecule has 0 aliphatic rings. The van der Waals surface area contributed by atoms with Gasteiger partial charge in [-0.05, 0) is 19.1 Å². The van der Waals surface area contributed by atoms with E-state index in [0.29, 0.717) is 4.99 Å². The third-order valence-electron chi connectivity index (χ3n) is 2.05. The van der Waals surface area contributed by atoms with E-state index in [0.717, 1.165) is 5.69 Å². The molecule has 1 rings (SSSR count). The summed E-state index contributed by atoms with van der Waals surface area (Å²) < 4.78 is 0. The molecule has 0 spiro atoms. The molecule has 0 unspecified atom stereocenters. The lowest BCUT2D eigenvalue weighted by molar-refractivity contribution is -0.115. The Morgan fingerprint density at radius 2 is 2.00 bits per heavy atom. The normalized spacial score (nSPS) is 10.3. The maximum absolute atomic E-state index is 11.6. The minimum atomic E-state index is -0.644. The van der Waals surface area contributed by atoms with Crippen molar-refractivity contribution >= 4 is 34.5 Å². The van der Waals surface area contributed by atoms with E-state index >= 15 is 0 Å². The van der Waals surface area contributed by atoms with E-state index in [1.807, 2.05) is 30.3 Å². The fraction of sp³-hybridized carbons (Fsp3) is 0.167. The molecule has 7 heteroatoms. The zero-order valence-electron chi connectivity index (χ0n) is 10.5. The van der Waals surface area contributed by atoms with Gasteiger partial charge in [-0.2, -0.15) is 10.4 Å². The summed E-state index contributed by atoms with van der Waals surface area (Å²) in [5.41, 5.74) is 5.23. The van der Waals surface area contributed by atoms with E-state index in [9.17, 15) is 4.79 Å². The van der Waals surface area contributed by atoms with Crippen LogP contribution in [0.15, 0.2) is 35.4 Å². The maximum atomic E-state index is 11.6. The molecular weight excluding hydrogens is 262 g/mol. The number of carbonyl (C=O) groups excluding carboxylic acids is 1. The fourth-order valence-corrected chi connectivity index (χ4v) is 1.23. The molecule has 1 amide bonds. The van der Waals surface area contributed by atoms with E-state index < -0.39 is 5.91 Å². The smallest absolute Gasteiger partial charge is 0.292 e. The molecule has 0 fully saturated rings. The summed E-state index contributed by atoms with van der Waals surface area (Å²) in [6.07, 6.45) is 0. The molecule has 1 aromatic carbocycles. The van der Waals surface area contributed by atoms with Gasteiger partial charge in [-0.15, -0.1) is 0 Å². The van der Waals surface area contributed by atoms with Crippen LogP contribution in [0.25, 0.3) is 0 Å². The van der Waals surface area contributed by atoms with Gasteiger partial charge < -0.3 is 0 Å². The second-order valence-electron chi connectivity index (χ2n) is 3.55. The van der Waals surface area contributed by atoms with Crippen LogP contribution in [0.2, 0.25) is 0 Å². The number of hydrazone groups is 1. The highest BCUT2D eigenvalue weighted by Crippen LogP contribution is 2.10. The molecule has 0 saturated carbocycles. The van der Waals surface area contributed by atoms with Crippen LogP contribution in [0.4, 0.5) is 5.69 Å². The average molecular weight is 275 g/mol. The number of nitrogens with zero attached hydrogens (tertiary/aromatic N) is 3. The molecule has 0 aliphatic heterocycles. The van der Waals surface area contributed by atoms with Crippen molar-refractivity contribution in [3.8, 4) is 6.07 Å². The quantitative estimate of drug-likeness (QED) is 0.488. The van der Waals surface area contributed by atoms with Gasteiger partial charge in [0.15, 0.2) is 0 Å². The molecule has 19 heavy (non-hydrogen) atoms. The van der Waals surface area contributed by atoms with Crippen molar-refractivity contribution in [2.45, 2.75) is 6.92 Å². The predicted octanol–water partition coefficient (Wildman–Crippen LogP) is 0.970. The molecule has 0 aliphatic carbocycles. The van der Waals surface area contributed by atoms with Gasteiger partial charge in [0.2, 0.25) is 5.71 Å². The van der Waals surface area contributed by atoms with Crippen molar-refractivity contribution in [2.75, 3.05) is 12.1 Å². The number of anilines is 1.